The second-order valence-corrected chi connectivity index (χ2v) is 8.69. The molecule has 0 fully saturated rings. The van der Waals surface area contributed by atoms with Crippen LogP contribution in [-0.4, -0.2) is 30.7 Å². The molecule has 0 aliphatic carbocycles. The highest BCUT2D eigenvalue weighted by molar-refractivity contribution is 6.08. The van der Waals surface area contributed by atoms with Gasteiger partial charge in [-0.2, -0.15) is 0 Å². The zero-order valence-corrected chi connectivity index (χ0v) is 19.3. The summed E-state index contributed by atoms with van der Waals surface area (Å²) in [4.78, 5) is 14.7. The normalized spacial score (nSPS) is 14.5. The Bertz CT molecular complexity index is 1240. The minimum Gasteiger partial charge on any atom is -0.508 e. The van der Waals surface area contributed by atoms with Gasteiger partial charge in [-0.25, -0.2) is 4.39 Å². The van der Waals surface area contributed by atoms with Crippen molar-refractivity contribution in [2.45, 2.75) is 32.9 Å². The Morgan fingerprint density at radius 3 is 2.55 bits per heavy atom. The van der Waals surface area contributed by atoms with Crippen molar-refractivity contribution in [3.63, 3.8) is 0 Å². The van der Waals surface area contributed by atoms with Gasteiger partial charge in [-0.3, -0.25) is 4.79 Å². The summed E-state index contributed by atoms with van der Waals surface area (Å²) < 4.78 is 25.4. The smallest absolute Gasteiger partial charge is 0.251 e. The summed E-state index contributed by atoms with van der Waals surface area (Å²) in [5.41, 5.74) is 3.55. The molecule has 2 N–H and O–H groups in total. The second kappa shape index (κ2) is 8.31. The number of aromatic hydroxyl groups is 1. The van der Waals surface area contributed by atoms with Crippen LogP contribution in [-0.2, 0) is 11.4 Å². The lowest BCUT2D eigenvalue weighted by molar-refractivity contribution is -0.121. The molecule has 1 aliphatic rings. The van der Waals surface area contributed by atoms with E-state index in [9.17, 15) is 14.3 Å². The molecule has 33 heavy (non-hydrogen) atoms. The lowest BCUT2D eigenvalue weighted by Gasteiger charge is -2.39. The Morgan fingerprint density at radius 2 is 1.82 bits per heavy atom. The van der Waals surface area contributed by atoms with Gasteiger partial charge in [0.05, 0.1) is 18.5 Å². The van der Waals surface area contributed by atoms with E-state index in [0.717, 1.165) is 16.8 Å². The fourth-order valence-electron chi connectivity index (χ4n) is 4.22. The summed E-state index contributed by atoms with van der Waals surface area (Å²) in [6, 6.07) is 13.0. The lowest BCUT2D eigenvalue weighted by Crippen LogP contribution is -2.52. The van der Waals surface area contributed by atoms with E-state index < -0.39 is 11.4 Å². The molecule has 3 aromatic carbocycles. The third kappa shape index (κ3) is 4.06. The van der Waals surface area contributed by atoms with Crippen molar-refractivity contribution in [3.05, 3.63) is 65.5 Å². The zero-order chi connectivity index (χ0) is 23.9. The van der Waals surface area contributed by atoms with Gasteiger partial charge < -0.3 is 24.8 Å². The van der Waals surface area contributed by atoms with Crippen molar-refractivity contribution >= 4 is 17.3 Å². The zero-order valence-electron chi connectivity index (χ0n) is 19.3. The molecule has 0 bridgehead atoms. The molecular weight excluding hydrogens is 423 g/mol. The number of ether oxygens (including phenoxy) is 2. The van der Waals surface area contributed by atoms with Gasteiger partial charge in [-0.15, -0.1) is 0 Å². The van der Waals surface area contributed by atoms with Gasteiger partial charge in [0.15, 0.2) is 0 Å². The minimum absolute atomic E-state index is 0.0708. The number of halogens is 1. The highest BCUT2D eigenvalue weighted by atomic mass is 19.1. The first-order valence-corrected chi connectivity index (χ1v) is 10.6. The van der Waals surface area contributed by atoms with E-state index >= 15 is 0 Å². The van der Waals surface area contributed by atoms with E-state index in [4.69, 9.17) is 9.47 Å². The number of methoxy groups -OCH3 is 1. The Labute approximate surface area is 192 Å². The molecule has 0 radical (unpaired) electrons. The lowest BCUT2D eigenvalue weighted by atomic mass is 9.91. The van der Waals surface area contributed by atoms with Crippen molar-refractivity contribution in [2.75, 3.05) is 24.4 Å². The molecule has 3 aromatic rings. The first-order chi connectivity index (χ1) is 15.6. The summed E-state index contributed by atoms with van der Waals surface area (Å²) in [7, 11) is 3.28. The number of benzene rings is 3. The Kier molecular flexibility index (Phi) is 5.66. The average Bonchev–Trinajstić information content (AvgIpc) is 2.77. The number of nitrogens with zero attached hydrogens (tertiary/aromatic N) is 1. The Hall–Kier alpha value is -3.74. The molecule has 1 aliphatic heterocycles. The van der Waals surface area contributed by atoms with Crippen LogP contribution in [0.25, 0.3) is 11.1 Å². The van der Waals surface area contributed by atoms with Gasteiger partial charge in [0.25, 0.3) is 5.91 Å². The van der Waals surface area contributed by atoms with Gasteiger partial charge in [-0.05, 0) is 62.2 Å². The number of carbonyl (C=O) groups excluding carboxylic acids is 1. The minimum atomic E-state index is -0.775. The monoisotopic (exact) mass is 450 g/mol. The number of phenolic OH excluding ortho intramolecular Hbond substituents is 1. The van der Waals surface area contributed by atoms with Gasteiger partial charge in [0.1, 0.15) is 35.2 Å². The molecule has 0 atom stereocenters. The number of nitrogens with one attached hydrogen (secondary N) is 1. The molecule has 1 heterocycles. The van der Waals surface area contributed by atoms with E-state index in [1.165, 1.54) is 12.1 Å². The molecular formula is C26H27FN2O4. The molecule has 0 saturated carbocycles. The number of amides is 1. The van der Waals surface area contributed by atoms with E-state index in [0.29, 0.717) is 28.3 Å². The molecule has 1 amide bonds. The Morgan fingerprint density at radius 1 is 1.06 bits per heavy atom. The van der Waals surface area contributed by atoms with Crippen molar-refractivity contribution in [3.8, 4) is 28.4 Å². The second-order valence-electron chi connectivity index (χ2n) is 8.69. The maximum atomic E-state index is 13.8. The highest BCUT2D eigenvalue weighted by Gasteiger charge is 2.38. The third-order valence-corrected chi connectivity index (χ3v) is 5.90. The van der Waals surface area contributed by atoms with Crippen LogP contribution in [0.4, 0.5) is 15.8 Å². The quantitative estimate of drug-likeness (QED) is 0.555. The van der Waals surface area contributed by atoms with Crippen LogP contribution in [0.3, 0.4) is 0 Å². The van der Waals surface area contributed by atoms with Gasteiger partial charge in [0.2, 0.25) is 0 Å². The predicted molar refractivity (Wildman–Crippen MR) is 127 cm³/mol. The van der Waals surface area contributed by atoms with Crippen molar-refractivity contribution in [1.82, 2.24) is 0 Å². The van der Waals surface area contributed by atoms with Crippen LogP contribution >= 0.6 is 0 Å². The number of likely N-dealkylation sites (N-methyl/N-ethyl adjacent to an activating group) is 1. The van der Waals surface area contributed by atoms with Crippen molar-refractivity contribution in [2.24, 2.45) is 0 Å². The molecule has 0 aromatic heterocycles. The average molecular weight is 451 g/mol. The molecule has 0 unspecified atom stereocenters. The van der Waals surface area contributed by atoms with Crippen molar-refractivity contribution < 1.29 is 23.8 Å². The van der Waals surface area contributed by atoms with Crippen LogP contribution in [0.15, 0.2) is 48.5 Å². The van der Waals surface area contributed by atoms with Crippen LogP contribution in [0.2, 0.25) is 0 Å². The van der Waals surface area contributed by atoms with Crippen LogP contribution in [0, 0.1) is 12.7 Å². The number of carbonyl (C=O) groups is 1. The van der Waals surface area contributed by atoms with Crippen LogP contribution < -0.4 is 19.7 Å². The van der Waals surface area contributed by atoms with E-state index in [1.807, 2.05) is 32.9 Å². The highest BCUT2D eigenvalue weighted by Crippen LogP contribution is 2.45. The largest absolute Gasteiger partial charge is 0.508 e. The summed E-state index contributed by atoms with van der Waals surface area (Å²) >= 11 is 0. The van der Waals surface area contributed by atoms with Crippen molar-refractivity contribution in [1.29, 1.82) is 0 Å². The van der Waals surface area contributed by atoms with E-state index in [-0.39, 0.29) is 18.3 Å². The third-order valence-electron chi connectivity index (χ3n) is 5.90. The molecule has 7 heteroatoms. The maximum absolute atomic E-state index is 13.8. The van der Waals surface area contributed by atoms with Gasteiger partial charge in [0, 0.05) is 24.2 Å². The summed E-state index contributed by atoms with van der Waals surface area (Å²) in [5, 5.41) is 13.5. The summed E-state index contributed by atoms with van der Waals surface area (Å²) in [6.45, 7) is 5.57. The van der Waals surface area contributed by atoms with Crippen LogP contribution in [0.5, 0.6) is 17.2 Å². The summed E-state index contributed by atoms with van der Waals surface area (Å²) in [6.07, 6.45) is 0. The predicted octanol–water partition coefficient (Wildman–Crippen LogP) is 5.26. The summed E-state index contributed by atoms with van der Waals surface area (Å²) in [5.74, 6) is 0.572. The first kappa shape index (κ1) is 22.5. The molecule has 172 valence electrons. The Balaban J connectivity index is 1.90. The maximum Gasteiger partial charge on any atom is 0.251 e. The standard InChI is InChI=1S/C26H27FN2O4/c1-15-6-7-16(27)12-23(15)33-14-20-18(19-13-17(30)8-11-22(19)32-5)9-10-21-24(20)29(4)25(31)26(2,3)28-21/h6-13,28,30H,14H2,1-5H3. The molecule has 6 nitrogen and oxygen atoms in total. The number of rotatable bonds is 5. The molecule has 0 spiro atoms. The first-order valence-electron chi connectivity index (χ1n) is 10.6. The number of hydrogen-bond acceptors (Lipinski definition) is 5. The number of phenols is 1. The van der Waals surface area contributed by atoms with Gasteiger partial charge in [-0.1, -0.05) is 12.1 Å². The van der Waals surface area contributed by atoms with E-state index in [1.54, 1.807) is 43.3 Å². The number of fused-ring (bicyclic) bond motifs is 1. The number of aryl methyl sites for hydroxylation is 1. The van der Waals surface area contributed by atoms with Crippen LogP contribution in [0.1, 0.15) is 25.0 Å². The molecule has 4 rings (SSSR count). The fourth-order valence-corrected chi connectivity index (χ4v) is 4.22. The number of hydrogen-bond donors (Lipinski definition) is 2. The van der Waals surface area contributed by atoms with Gasteiger partial charge >= 0.3 is 0 Å². The van der Waals surface area contributed by atoms with E-state index in [2.05, 4.69) is 5.32 Å². The SMILES string of the molecule is COc1ccc(O)cc1-c1ccc2c(c1COc1cc(F)ccc1C)N(C)C(=O)C(C)(C)N2. The number of anilines is 2. The molecule has 0 saturated heterocycles. The fraction of sp³-hybridized carbons (Fsp3) is 0.269. The topological polar surface area (TPSA) is 71.0 Å².